The summed E-state index contributed by atoms with van der Waals surface area (Å²) in [7, 11) is 1.22. The molecule has 0 atom stereocenters. The number of hydrogen-bond acceptors (Lipinski definition) is 6. The van der Waals surface area contributed by atoms with Crippen LogP contribution in [-0.4, -0.2) is 24.0 Å². The van der Waals surface area contributed by atoms with E-state index in [1.165, 1.54) is 44.4 Å². The zero-order valence-corrected chi connectivity index (χ0v) is 12.4. The van der Waals surface area contributed by atoms with Gasteiger partial charge in [-0.2, -0.15) is 0 Å². The van der Waals surface area contributed by atoms with E-state index in [0.717, 1.165) is 0 Å². The van der Waals surface area contributed by atoms with Crippen molar-refractivity contribution >= 4 is 17.6 Å². The molecule has 118 valence electrons. The maximum Gasteiger partial charge on any atom is 0.343 e. The number of carbonyl (C=O) groups excluding carboxylic acids is 2. The van der Waals surface area contributed by atoms with E-state index in [0.29, 0.717) is 5.56 Å². The first-order valence-corrected chi connectivity index (χ1v) is 6.58. The minimum atomic E-state index is -0.723. The van der Waals surface area contributed by atoms with Gasteiger partial charge in [-0.15, -0.1) is 0 Å². The summed E-state index contributed by atoms with van der Waals surface area (Å²) < 4.78 is 9.82. The Bertz CT molecular complexity index is 784. The van der Waals surface area contributed by atoms with Crippen LogP contribution in [-0.2, 0) is 4.74 Å². The fourth-order valence-electron chi connectivity index (χ4n) is 1.98. The van der Waals surface area contributed by atoms with Gasteiger partial charge in [-0.25, -0.2) is 9.59 Å². The lowest BCUT2D eigenvalue weighted by Gasteiger charge is -2.09. The van der Waals surface area contributed by atoms with Gasteiger partial charge in [0.15, 0.2) is 0 Å². The van der Waals surface area contributed by atoms with Gasteiger partial charge in [0.1, 0.15) is 11.3 Å². The van der Waals surface area contributed by atoms with Gasteiger partial charge in [-0.3, -0.25) is 10.1 Å². The molecule has 0 aliphatic rings. The number of aryl methyl sites for hydroxylation is 1. The van der Waals surface area contributed by atoms with Gasteiger partial charge in [0, 0.05) is 11.6 Å². The Labute approximate surface area is 131 Å². The van der Waals surface area contributed by atoms with Crippen molar-refractivity contribution in [3.8, 4) is 5.75 Å². The van der Waals surface area contributed by atoms with Crippen LogP contribution in [0.4, 0.5) is 5.69 Å². The summed E-state index contributed by atoms with van der Waals surface area (Å²) in [5.41, 5.74) is 0.511. The number of hydrogen-bond donors (Lipinski definition) is 0. The van der Waals surface area contributed by atoms with Crippen molar-refractivity contribution < 1.29 is 24.0 Å². The van der Waals surface area contributed by atoms with E-state index in [4.69, 9.17) is 4.74 Å². The van der Waals surface area contributed by atoms with Crippen molar-refractivity contribution in [3.63, 3.8) is 0 Å². The molecule has 0 fully saturated rings. The molecule has 0 aliphatic heterocycles. The van der Waals surface area contributed by atoms with Crippen LogP contribution in [0.15, 0.2) is 42.5 Å². The maximum absolute atomic E-state index is 12.2. The Balaban J connectivity index is 2.28. The smallest absolute Gasteiger partial charge is 0.343 e. The molecule has 7 nitrogen and oxygen atoms in total. The monoisotopic (exact) mass is 315 g/mol. The molecule has 0 radical (unpaired) electrons. The first-order chi connectivity index (χ1) is 10.9. The Morgan fingerprint density at radius 2 is 1.78 bits per heavy atom. The number of benzene rings is 2. The third kappa shape index (κ3) is 3.52. The summed E-state index contributed by atoms with van der Waals surface area (Å²) in [5.74, 6) is -1.30. The molecular weight excluding hydrogens is 302 g/mol. The molecule has 0 saturated carbocycles. The largest absolute Gasteiger partial charge is 0.465 e. The summed E-state index contributed by atoms with van der Waals surface area (Å²) in [4.78, 5) is 34.1. The fraction of sp³-hybridized carbons (Fsp3) is 0.125. The molecular formula is C16H13NO6. The highest BCUT2D eigenvalue weighted by Crippen LogP contribution is 2.22. The molecule has 0 heterocycles. The van der Waals surface area contributed by atoms with Gasteiger partial charge in [-0.1, -0.05) is 12.1 Å². The van der Waals surface area contributed by atoms with Crippen LogP contribution in [0.5, 0.6) is 5.75 Å². The lowest BCUT2D eigenvalue weighted by atomic mass is 10.1. The first-order valence-electron chi connectivity index (χ1n) is 6.58. The molecule has 0 amide bonds. The number of ether oxygens (including phenoxy) is 2. The van der Waals surface area contributed by atoms with Crippen LogP contribution in [0.2, 0.25) is 0 Å². The van der Waals surface area contributed by atoms with Gasteiger partial charge in [0.2, 0.25) is 0 Å². The third-order valence-electron chi connectivity index (χ3n) is 3.12. The number of esters is 2. The van der Waals surface area contributed by atoms with E-state index < -0.39 is 16.9 Å². The van der Waals surface area contributed by atoms with Crippen molar-refractivity contribution in [2.75, 3.05) is 7.11 Å². The molecule has 0 N–H and O–H groups in total. The predicted octanol–water partition coefficient (Wildman–Crippen LogP) is 2.91. The Morgan fingerprint density at radius 1 is 1.09 bits per heavy atom. The van der Waals surface area contributed by atoms with Crippen LogP contribution < -0.4 is 4.74 Å². The van der Waals surface area contributed by atoms with E-state index in [1.807, 2.05) is 0 Å². The van der Waals surface area contributed by atoms with E-state index in [1.54, 1.807) is 12.1 Å². The second kappa shape index (κ2) is 6.69. The maximum atomic E-state index is 12.2. The highest BCUT2D eigenvalue weighted by atomic mass is 16.6. The lowest BCUT2D eigenvalue weighted by Crippen LogP contribution is -2.12. The molecule has 2 rings (SSSR count). The third-order valence-corrected chi connectivity index (χ3v) is 3.12. The molecule has 2 aromatic carbocycles. The van der Waals surface area contributed by atoms with Gasteiger partial charge < -0.3 is 9.47 Å². The van der Waals surface area contributed by atoms with Crippen molar-refractivity contribution in [2.45, 2.75) is 6.92 Å². The molecule has 0 saturated heterocycles. The number of methoxy groups -OCH3 is 1. The summed E-state index contributed by atoms with van der Waals surface area (Å²) in [5, 5.41) is 10.8. The standard InChI is InChI=1S/C16H13NO6/c1-10-9-11(7-8-13(10)17(20)21)15(18)23-14-6-4-3-5-12(14)16(19)22-2/h3-9H,1-2H3. The van der Waals surface area contributed by atoms with Crippen molar-refractivity contribution in [2.24, 2.45) is 0 Å². The van der Waals surface area contributed by atoms with Gasteiger partial charge in [0.25, 0.3) is 5.69 Å². The number of nitro benzene ring substituents is 1. The number of nitrogens with zero attached hydrogens (tertiary/aromatic N) is 1. The van der Waals surface area contributed by atoms with E-state index in [2.05, 4.69) is 4.74 Å². The number of nitro groups is 1. The van der Waals surface area contributed by atoms with E-state index in [-0.39, 0.29) is 22.6 Å². The molecule has 7 heteroatoms. The van der Waals surface area contributed by atoms with Crippen LogP contribution in [0.1, 0.15) is 26.3 Å². The predicted molar refractivity (Wildman–Crippen MR) is 80.6 cm³/mol. The Hall–Kier alpha value is -3.22. The molecule has 0 aliphatic carbocycles. The highest BCUT2D eigenvalue weighted by molar-refractivity contribution is 5.96. The fourth-order valence-corrected chi connectivity index (χ4v) is 1.98. The summed E-state index contributed by atoms with van der Waals surface area (Å²) in [6, 6.07) is 10.0. The highest BCUT2D eigenvalue weighted by Gasteiger charge is 2.18. The molecule has 0 spiro atoms. The normalized spacial score (nSPS) is 10.0. The SMILES string of the molecule is COC(=O)c1ccccc1OC(=O)c1ccc([N+](=O)[O-])c(C)c1. The first kappa shape index (κ1) is 16.2. The summed E-state index contributed by atoms with van der Waals surface area (Å²) in [6.07, 6.45) is 0. The minimum absolute atomic E-state index is 0.0559. The minimum Gasteiger partial charge on any atom is -0.465 e. The number of para-hydroxylation sites is 1. The molecule has 0 aromatic heterocycles. The van der Waals surface area contributed by atoms with E-state index >= 15 is 0 Å². The average Bonchev–Trinajstić information content (AvgIpc) is 2.54. The van der Waals surface area contributed by atoms with Crippen LogP contribution >= 0.6 is 0 Å². The zero-order valence-electron chi connectivity index (χ0n) is 12.4. The second-order valence-electron chi connectivity index (χ2n) is 4.64. The lowest BCUT2D eigenvalue weighted by molar-refractivity contribution is -0.385. The topological polar surface area (TPSA) is 95.7 Å². The van der Waals surface area contributed by atoms with Crippen molar-refractivity contribution in [1.82, 2.24) is 0 Å². The van der Waals surface area contributed by atoms with Gasteiger partial charge in [-0.05, 0) is 31.2 Å². The van der Waals surface area contributed by atoms with Gasteiger partial charge >= 0.3 is 11.9 Å². The van der Waals surface area contributed by atoms with Gasteiger partial charge in [0.05, 0.1) is 17.6 Å². The Morgan fingerprint density at radius 3 is 2.39 bits per heavy atom. The summed E-state index contributed by atoms with van der Waals surface area (Å²) in [6.45, 7) is 1.53. The van der Waals surface area contributed by atoms with Crippen molar-refractivity contribution in [3.05, 3.63) is 69.3 Å². The molecule has 23 heavy (non-hydrogen) atoms. The summed E-state index contributed by atoms with van der Waals surface area (Å²) >= 11 is 0. The quantitative estimate of drug-likeness (QED) is 0.372. The van der Waals surface area contributed by atoms with E-state index in [9.17, 15) is 19.7 Å². The number of carbonyl (C=O) groups is 2. The van der Waals surface area contributed by atoms with Crippen LogP contribution in [0.3, 0.4) is 0 Å². The Kier molecular flexibility index (Phi) is 4.70. The molecule has 0 bridgehead atoms. The van der Waals surface area contributed by atoms with Crippen LogP contribution in [0.25, 0.3) is 0 Å². The van der Waals surface area contributed by atoms with Crippen molar-refractivity contribution in [1.29, 1.82) is 0 Å². The molecule has 2 aromatic rings. The second-order valence-corrected chi connectivity index (χ2v) is 4.64. The molecule has 0 unspecified atom stereocenters. The number of rotatable bonds is 4. The zero-order chi connectivity index (χ0) is 17.0. The average molecular weight is 315 g/mol. The van der Waals surface area contributed by atoms with Crippen LogP contribution in [0, 0.1) is 17.0 Å².